The molecule has 4 nitrogen and oxygen atoms in total. The molecule has 0 unspecified atom stereocenters. The molecule has 1 aliphatic rings. The van der Waals surface area contributed by atoms with Crippen molar-refractivity contribution >= 4 is 11.7 Å². The summed E-state index contributed by atoms with van der Waals surface area (Å²) < 4.78 is 0. The number of allylic oxidation sites excluding steroid dienone is 1. The second kappa shape index (κ2) is 5.55. The summed E-state index contributed by atoms with van der Waals surface area (Å²) in [6.45, 7) is 11.9. The van der Waals surface area contributed by atoms with Crippen LogP contribution in [-0.4, -0.2) is 24.3 Å². The number of nitrogens with one attached hydrogen (secondary N) is 2. The molecule has 0 aromatic carbocycles. The number of Topliss-reactive ketones (excluding diaryl/α,β-unsaturated/α-hetero) is 1. The highest BCUT2D eigenvalue weighted by Gasteiger charge is 2.27. The van der Waals surface area contributed by atoms with E-state index in [2.05, 4.69) is 17.2 Å². The predicted octanol–water partition coefficient (Wildman–Crippen LogP) is 1.62. The number of hydrogen-bond donors (Lipinski definition) is 2. The largest absolute Gasteiger partial charge is 0.389 e. The van der Waals surface area contributed by atoms with Crippen LogP contribution in [0.2, 0.25) is 0 Å². The number of ketones is 1. The fourth-order valence-electron chi connectivity index (χ4n) is 1.88. The molecule has 0 aromatic rings. The van der Waals surface area contributed by atoms with Gasteiger partial charge in [-0.1, -0.05) is 27.4 Å². The fraction of sp³-hybridized carbons (Fsp3) is 0.714. The minimum Gasteiger partial charge on any atom is -0.389 e. The lowest BCUT2D eigenvalue weighted by Gasteiger charge is -2.21. The van der Waals surface area contributed by atoms with Crippen LogP contribution in [-0.2, 0) is 9.59 Å². The molecule has 0 radical (unpaired) electrons. The van der Waals surface area contributed by atoms with Crippen LogP contribution in [0.25, 0.3) is 0 Å². The van der Waals surface area contributed by atoms with E-state index in [-0.39, 0.29) is 11.7 Å². The zero-order chi connectivity index (χ0) is 13.9. The molecule has 0 aromatic heterocycles. The minimum atomic E-state index is -0.461. The quantitative estimate of drug-likeness (QED) is 0.799. The molecule has 2 atom stereocenters. The standard InChI is InChI=1S/C14H24N2O2/c1-9-6-11(8-15-9)7-12(17)10(2)16-13(18)14(3,4)5/h10-11,15H,1,6-8H2,2-5H3,(H,16,18)/t10-,11+/m0/s1. The summed E-state index contributed by atoms with van der Waals surface area (Å²) in [6.07, 6.45) is 1.35. The van der Waals surface area contributed by atoms with Crippen LogP contribution >= 0.6 is 0 Å². The normalized spacial score (nSPS) is 21.3. The first kappa shape index (κ1) is 14.7. The van der Waals surface area contributed by atoms with Gasteiger partial charge in [-0.2, -0.15) is 0 Å². The van der Waals surface area contributed by atoms with Crippen LogP contribution in [0.1, 0.15) is 40.5 Å². The van der Waals surface area contributed by atoms with Gasteiger partial charge < -0.3 is 10.6 Å². The molecule has 1 heterocycles. The Morgan fingerprint density at radius 3 is 2.56 bits per heavy atom. The van der Waals surface area contributed by atoms with E-state index in [0.29, 0.717) is 12.3 Å². The van der Waals surface area contributed by atoms with Crippen LogP contribution in [0.3, 0.4) is 0 Å². The molecule has 1 fully saturated rings. The molecule has 1 saturated heterocycles. The molecule has 1 amide bonds. The van der Waals surface area contributed by atoms with E-state index in [4.69, 9.17) is 0 Å². The van der Waals surface area contributed by atoms with E-state index < -0.39 is 11.5 Å². The van der Waals surface area contributed by atoms with Crippen molar-refractivity contribution < 1.29 is 9.59 Å². The molecule has 102 valence electrons. The number of carbonyl (C=O) groups excluding carboxylic acids is 2. The third-order valence-corrected chi connectivity index (χ3v) is 3.18. The number of hydrogen-bond acceptors (Lipinski definition) is 3. The first-order valence-corrected chi connectivity index (χ1v) is 6.45. The van der Waals surface area contributed by atoms with Gasteiger partial charge in [-0.25, -0.2) is 0 Å². The summed E-state index contributed by atoms with van der Waals surface area (Å²) in [5.41, 5.74) is 0.539. The monoisotopic (exact) mass is 252 g/mol. The Morgan fingerprint density at radius 2 is 2.11 bits per heavy atom. The lowest BCUT2D eigenvalue weighted by atomic mass is 9.94. The SMILES string of the molecule is C=C1C[C@H](CC(=O)[C@H](C)NC(=O)C(C)(C)C)CN1. The van der Waals surface area contributed by atoms with E-state index in [9.17, 15) is 9.59 Å². The van der Waals surface area contributed by atoms with Crippen molar-refractivity contribution in [3.63, 3.8) is 0 Å². The average molecular weight is 252 g/mol. The van der Waals surface area contributed by atoms with Crippen molar-refractivity contribution in [2.45, 2.75) is 46.6 Å². The van der Waals surface area contributed by atoms with Crippen LogP contribution in [0.15, 0.2) is 12.3 Å². The van der Waals surface area contributed by atoms with Gasteiger partial charge in [0, 0.05) is 24.1 Å². The Hall–Kier alpha value is -1.32. The first-order chi connectivity index (χ1) is 8.20. The first-order valence-electron chi connectivity index (χ1n) is 6.45. The molecule has 0 saturated carbocycles. The highest BCUT2D eigenvalue weighted by Crippen LogP contribution is 2.20. The Morgan fingerprint density at radius 1 is 1.50 bits per heavy atom. The third-order valence-electron chi connectivity index (χ3n) is 3.18. The summed E-state index contributed by atoms with van der Waals surface area (Å²) >= 11 is 0. The number of rotatable bonds is 4. The van der Waals surface area contributed by atoms with Gasteiger partial charge in [-0.15, -0.1) is 0 Å². The number of amides is 1. The summed E-state index contributed by atoms with van der Waals surface area (Å²) in [4.78, 5) is 23.8. The van der Waals surface area contributed by atoms with Crippen LogP contribution in [0.4, 0.5) is 0 Å². The molecule has 18 heavy (non-hydrogen) atoms. The zero-order valence-electron chi connectivity index (χ0n) is 11.8. The van der Waals surface area contributed by atoms with Crippen LogP contribution in [0.5, 0.6) is 0 Å². The summed E-state index contributed by atoms with van der Waals surface area (Å²) in [7, 11) is 0. The van der Waals surface area contributed by atoms with Gasteiger partial charge in [0.25, 0.3) is 0 Å². The van der Waals surface area contributed by atoms with Crippen molar-refractivity contribution in [2.75, 3.05) is 6.54 Å². The smallest absolute Gasteiger partial charge is 0.225 e. The van der Waals surface area contributed by atoms with Crippen molar-refractivity contribution in [3.8, 4) is 0 Å². The fourth-order valence-corrected chi connectivity index (χ4v) is 1.88. The predicted molar refractivity (Wildman–Crippen MR) is 71.9 cm³/mol. The Bertz CT molecular complexity index is 355. The Kier molecular flexibility index (Phi) is 4.54. The number of carbonyl (C=O) groups is 2. The topological polar surface area (TPSA) is 58.2 Å². The molecular formula is C14H24N2O2. The Labute approximate surface area is 109 Å². The lowest BCUT2D eigenvalue weighted by molar-refractivity contribution is -0.132. The average Bonchev–Trinajstić information content (AvgIpc) is 2.62. The summed E-state index contributed by atoms with van der Waals surface area (Å²) in [6, 6.07) is -0.411. The minimum absolute atomic E-state index is 0.0858. The third kappa shape index (κ3) is 4.17. The molecular weight excluding hydrogens is 228 g/mol. The molecule has 4 heteroatoms. The van der Waals surface area contributed by atoms with E-state index in [0.717, 1.165) is 18.7 Å². The summed E-state index contributed by atoms with van der Waals surface area (Å²) in [5.74, 6) is 0.324. The molecule has 2 N–H and O–H groups in total. The molecule has 0 spiro atoms. The van der Waals surface area contributed by atoms with Gasteiger partial charge in [-0.05, 0) is 19.3 Å². The van der Waals surface area contributed by atoms with Gasteiger partial charge >= 0.3 is 0 Å². The second-order valence-corrected chi connectivity index (χ2v) is 6.17. The molecule has 1 rings (SSSR count). The zero-order valence-corrected chi connectivity index (χ0v) is 11.8. The maximum Gasteiger partial charge on any atom is 0.225 e. The van der Waals surface area contributed by atoms with Gasteiger partial charge in [-0.3, -0.25) is 9.59 Å². The Balaban J connectivity index is 2.42. The van der Waals surface area contributed by atoms with Crippen molar-refractivity contribution in [1.82, 2.24) is 10.6 Å². The maximum absolute atomic E-state index is 12.0. The second-order valence-electron chi connectivity index (χ2n) is 6.17. The van der Waals surface area contributed by atoms with Crippen molar-refractivity contribution in [3.05, 3.63) is 12.3 Å². The summed E-state index contributed by atoms with van der Waals surface area (Å²) in [5, 5.41) is 5.92. The van der Waals surface area contributed by atoms with E-state index >= 15 is 0 Å². The van der Waals surface area contributed by atoms with Gasteiger partial charge in [0.1, 0.15) is 0 Å². The lowest BCUT2D eigenvalue weighted by Crippen LogP contribution is -2.44. The highest BCUT2D eigenvalue weighted by atomic mass is 16.2. The highest BCUT2D eigenvalue weighted by molar-refractivity contribution is 5.90. The van der Waals surface area contributed by atoms with Gasteiger partial charge in [0.15, 0.2) is 5.78 Å². The molecule has 1 aliphatic heterocycles. The van der Waals surface area contributed by atoms with Gasteiger partial charge in [0.05, 0.1) is 6.04 Å². The van der Waals surface area contributed by atoms with E-state index in [1.807, 2.05) is 20.8 Å². The van der Waals surface area contributed by atoms with Crippen molar-refractivity contribution in [1.29, 1.82) is 0 Å². The van der Waals surface area contributed by atoms with Gasteiger partial charge in [0.2, 0.25) is 5.91 Å². The van der Waals surface area contributed by atoms with E-state index in [1.54, 1.807) is 6.92 Å². The van der Waals surface area contributed by atoms with E-state index in [1.165, 1.54) is 0 Å². The van der Waals surface area contributed by atoms with Crippen LogP contribution in [0, 0.1) is 11.3 Å². The molecule has 0 aliphatic carbocycles. The maximum atomic E-state index is 12.0. The van der Waals surface area contributed by atoms with Crippen LogP contribution < -0.4 is 10.6 Å². The van der Waals surface area contributed by atoms with Crippen molar-refractivity contribution in [2.24, 2.45) is 11.3 Å². The molecule has 0 bridgehead atoms.